The van der Waals surface area contributed by atoms with Gasteiger partial charge in [-0.1, -0.05) is 0 Å². The molecule has 2 N–H and O–H groups in total. The van der Waals surface area contributed by atoms with Crippen LogP contribution in [0.2, 0.25) is 0 Å². The van der Waals surface area contributed by atoms with Gasteiger partial charge in [-0.15, -0.1) is 0 Å². The Bertz CT molecular complexity index is 510. The van der Waals surface area contributed by atoms with Gasteiger partial charge in [0.15, 0.2) is 0 Å². The highest BCUT2D eigenvalue weighted by Gasteiger charge is 2.34. The Balaban J connectivity index is 2.16. The van der Waals surface area contributed by atoms with Crippen molar-refractivity contribution in [2.24, 2.45) is 5.92 Å². The van der Waals surface area contributed by atoms with Crippen LogP contribution in [0, 0.1) is 24.2 Å². The highest BCUT2D eigenvalue weighted by Crippen LogP contribution is 2.19. The lowest BCUT2D eigenvalue weighted by atomic mass is 10.0. The second kappa shape index (κ2) is 5.02. The first kappa shape index (κ1) is 12.3. The van der Waals surface area contributed by atoms with E-state index < -0.39 is 11.9 Å². The summed E-state index contributed by atoms with van der Waals surface area (Å²) >= 11 is 0. The highest BCUT2D eigenvalue weighted by molar-refractivity contribution is 5.72. The minimum atomic E-state index is -0.891. The molecule has 2 atom stereocenters. The highest BCUT2D eigenvalue weighted by atomic mass is 16.5. The number of hydrogen-bond donors (Lipinski definition) is 2. The van der Waals surface area contributed by atoms with Crippen molar-refractivity contribution in [2.45, 2.75) is 13.0 Å². The van der Waals surface area contributed by atoms with E-state index >= 15 is 0 Å². The first-order chi connectivity index (χ1) is 8.60. The number of ether oxygens (including phenoxy) is 1. The van der Waals surface area contributed by atoms with E-state index in [4.69, 9.17) is 15.1 Å². The number of nitrogens with zero attached hydrogens (tertiary/aromatic N) is 2. The van der Waals surface area contributed by atoms with Gasteiger partial charge in [-0.2, -0.15) is 5.26 Å². The smallest absolute Gasteiger partial charge is 0.311 e. The summed E-state index contributed by atoms with van der Waals surface area (Å²) in [5, 5.41) is 20.9. The topological polar surface area (TPSA) is 95.2 Å². The number of hydrogen-bond acceptors (Lipinski definition) is 5. The number of anilines is 1. The summed E-state index contributed by atoms with van der Waals surface area (Å²) in [5.74, 6) is -0.968. The van der Waals surface area contributed by atoms with Crippen LogP contribution in [0.4, 0.5) is 5.82 Å². The van der Waals surface area contributed by atoms with Crippen molar-refractivity contribution < 1.29 is 14.6 Å². The zero-order valence-corrected chi connectivity index (χ0v) is 9.88. The fraction of sp³-hybridized carbons (Fsp3) is 0.417. The molecule has 2 rings (SSSR count). The average Bonchev–Trinajstić information content (AvgIpc) is 2.76. The molecule has 1 aromatic rings. The van der Waals surface area contributed by atoms with Gasteiger partial charge in [-0.3, -0.25) is 4.79 Å². The molecule has 1 saturated heterocycles. The van der Waals surface area contributed by atoms with Gasteiger partial charge in [0.05, 0.1) is 30.9 Å². The minimum Gasteiger partial charge on any atom is -0.481 e. The summed E-state index contributed by atoms with van der Waals surface area (Å²) in [5.41, 5.74) is 1.21. The zero-order chi connectivity index (χ0) is 13.1. The number of carbonyl (C=O) groups is 1. The van der Waals surface area contributed by atoms with Gasteiger partial charge in [0.1, 0.15) is 11.7 Å². The fourth-order valence-electron chi connectivity index (χ4n) is 1.94. The second-order valence-corrected chi connectivity index (χ2v) is 4.23. The van der Waals surface area contributed by atoms with Crippen LogP contribution in [0.5, 0.6) is 0 Å². The number of aliphatic carboxylic acids is 1. The predicted octanol–water partition coefficient (Wildman–Crippen LogP) is 0.773. The molecule has 0 spiro atoms. The minimum absolute atomic E-state index is 0.198. The molecule has 0 aliphatic carbocycles. The summed E-state index contributed by atoms with van der Waals surface area (Å²) in [7, 11) is 0. The monoisotopic (exact) mass is 247 g/mol. The van der Waals surface area contributed by atoms with Crippen molar-refractivity contribution in [3.05, 3.63) is 23.4 Å². The van der Waals surface area contributed by atoms with Crippen molar-refractivity contribution in [3.63, 3.8) is 0 Å². The molecule has 2 heterocycles. The lowest BCUT2D eigenvalue weighted by molar-refractivity contribution is -0.141. The van der Waals surface area contributed by atoms with E-state index in [0.29, 0.717) is 23.7 Å². The molecular formula is C12H13N3O3. The van der Waals surface area contributed by atoms with Gasteiger partial charge in [0.2, 0.25) is 0 Å². The molecule has 1 aliphatic heterocycles. The molecule has 0 radical (unpaired) electrons. The van der Waals surface area contributed by atoms with Crippen LogP contribution in [0.3, 0.4) is 0 Å². The Morgan fingerprint density at radius 3 is 3.06 bits per heavy atom. The second-order valence-electron chi connectivity index (χ2n) is 4.23. The van der Waals surface area contributed by atoms with Gasteiger partial charge >= 0.3 is 5.97 Å². The van der Waals surface area contributed by atoms with Crippen LogP contribution in [0.1, 0.15) is 11.3 Å². The van der Waals surface area contributed by atoms with Crippen LogP contribution in [-0.2, 0) is 9.53 Å². The SMILES string of the molecule is Cc1cc(C#N)cc(NC2COCC2C(=O)O)n1. The zero-order valence-electron chi connectivity index (χ0n) is 9.88. The van der Waals surface area contributed by atoms with E-state index in [1.54, 1.807) is 19.1 Å². The first-order valence-corrected chi connectivity index (χ1v) is 5.56. The molecule has 0 saturated carbocycles. The summed E-state index contributed by atoms with van der Waals surface area (Å²) in [6, 6.07) is 5.00. The number of nitrogens with one attached hydrogen (secondary N) is 1. The Labute approximate surface area is 104 Å². The molecule has 6 heteroatoms. The molecule has 6 nitrogen and oxygen atoms in total. The number of rotatable bonds is 3. The number of pyridine rings is 1. The molecule has 94 valence electrons. The molecule has 0 aromatic carbocycles. The van der Waals surface area contributed by atoms with Crippen LogP contribution < -0.4 is 5.32 Å². The molecule has 1 fully saturated rings. The molecule has 2 unspecified atom stereocenters. The van der Waals surface area contributed by atoms with E-state index in [2.05, 4.69) is 10.3 Å². The fourth-order valence-corrected chi connectivity index (χ4v) is 1.94. The molecule has 1 aliphatic rings. The van der Waals surface area contributed by atoms with Crippen LogP contribution >= 0.6 is 0 Å². The van der Waals surface area contributed by atoms with E-state index in [9.17, 15) is 4.79 Å². The number of carboxylic acid groups (broad SMARTS) is 1. The maximum Gasteiger partial charge on any atom is 0.311 e. The Morgan fingerprint density at radius 2 is 2.39 bits per heavy atom. The third kappa shape index (κ3) is 2.57. The lowest BCUT2D eigenvalue weighted by Crippen LogP contribution is -2.33. The number of aromatic nitrogens is 1. The van der Waals surface area contributed by atoms with Crippen molar-refractivity contribution >= 4 is 11.8 Å². The Kier molecular flexibility index (Phi) is 3.44. The van der Waals surface area contributed by atoms with Crippen molar-refractivity contribution in [1.29, 1.82) is 5.26 Å². The number of nitriles is 1. The number of aryl methyl sites for hydroxylation is 1. The van der Waals surface area contributed by atoms with Gasteiger partial charge < -0.3 is 15.2 Å². The molecular weight excluding hydrogens is 234 g/mol. The van der Waals surface area contributed by atoms with Gasteiger partial charge in [0, 0.05) is 5.69 Å². The normalized spacial score (nSPS) is 22.4. The van der Waals surface area contributed by atoms with E-state index in [0.717, 1.165) is 0 Å². The van der Waals surface area contributed by atoms with E-state index in [1.165, 1.54) is 0 Å². The quantitative estimate of drug-likeness (QED) is 0.819. The molecule has 0 bridgehead atoms. The lowest BCUT2D eigenvalue weighted by Gasteiger charge is -2.16. The Morgan fingerprint density at radius 1 is 1.61 bits per heavy atom. The summed E-state index contributed by atoms with van der Waals surface area (Å²) in [6.45, 7) is 2.31. The van der Waals surface area contributed by atoms with Crippen molar-refractivity contribution in [2.75, 3.05) is 18.5 Å². The predicted molar refractivity (Wildman–Crippen MR) is 63.0 cm³/mol. The van der Waals surface area contributed by atoms with E-state index in [-0.39, 0.29) is 12.6 Å². The maximum atomic E-state index is 11.0. The van der Waals surface area contributed by atoms with Gasteiger partial charge in [0.25, 0.3) is 0 Å². The molecule has 1 aromatic heterocycles. The standard InChI is InChI=1S/C12H13N3O3/c1-7-2-8(4-13)3-11(14-7)15-10-6-18-5-9(10)12(16)17/h2-3,9-10H,5-6H2,1H3,(H,14,15)(H,16,17). The maximum absolute atomic E-state index is 11.0. The first-order valence-electron chi connectivity index (χ1n) is 5.56. The average molecular weight is 247 g/mol. The number of carboxylic acids is 1. The van der Waals surface area contributed by atoms with E-state index in [1.807, 2.05) is 6.07 Å². The van der Waals surface area contributed by atoms with Crippen molar-refractivity contribution in [1.82, 2.24) is 4.98 Å². The van der Waals surface area contributed by atoms with Crippen LogP contribution in [0.25, 0.3) is 0 Å². The summed E-state index contributed by atoms with van der Waals surface area (Å²) in [4.78, 5) is 15.2. The molecule has 18 heavy (non-hydrogen) atoms. The summed E-state index contributed by atoms with van der Waals surface area (Å²) < 4.78 is 5.15. The van der Waals surface area contributed by atoms with Gasteiger partial charge in [-0.25, -0.2) is 4.98 Å². The van der Waals surface area contributed by atoms with Gasteiger partial charge in [-0.05, 0) is 19.1 Å². The van der Waals surface area contributed by atoms with Crippen LogP contribution in [0.15, 0.2) is 12.1 Å². The Hall–Kier alpha value is -2.13. The largest absolute Gasteiger partial charge is 0.481 e. The van der Waals surface area contributed by atoms with Crippen molar-refractivity contribution in [3.8, 4) is 6.07 Å². The summed E-state index contributed by atoms with van der Waals surface area (Å²) in [6.07, 6.45) is 0. The molecule has 0 amide bonds. The third-order valence-corrected chi connectivity index (χ3v) is 2.81. The van der Waals surface area contributed by atoms with Crippen LogP contribution in [-0.4, -0.2) is 35.3 Å². The third-order valence-electron chi connectivity index (χ3n) is 2.81.